The van der Waals surface area contributed by atoms with Crippen molar-refractivity contribution in [2.75, 3.05) is 0 Å². The molecule has 2 N–H and O–H groups in total. The zero-order valence-corrected chi connectivity index (χ0v) is 20.4. The number of aliphatic hydroxyl groups excluding tert-OH is 1. The van der Waals surface area contributed by atoms with Crippen LogP contribution in [-0.4, -0.2) is 10.2 Å². The maximum absolute atomic E-state index is 11.1. The second-order valence-electron chi connectivity index (χ2n) is 9.52. The molecule has 37 heavy (non-hydrogen) atoms. The maximum atomic E-state index is 11.1. The van der Waals surface area contributed by atoms with Crippen molar-refractivity contribution in [3.63, 3.8) is 0 Å². The van der Waals surface area contributed by atoms with E-state index in [1.54, 1.807) is 18.2 Å². The van der Waals surface area contributed by atoms with E-state index < -0.39 is 11.5 Å². The van der Waals surface area contributed by atoms with E-state index in [-0.39, 0.29) is 11.9 Å². The fourth-order valence-corrected chi connectivity index (χ4v) is 5.78. The number of rotatable bonds is 5. The van der Waals surface area contributed by atoms with Crippen LogP contribution in [0.1, 0.15) is 52.0 Å². The lowest BCUT2D eigenvalue weighted by molar-refractivity contribution is 0.0648. The Bertz CT molecular complexity index is 1400. The quantitative estimate of drug-likeness (QED) is 0.257. The Kier molecular flexibility index (Phi) is 5.99. The zero-order valence-electron chi connectivity index (χ0n) is 20.4. The van der Waals surface area contributed by atoms with E-state index in [4.69, 9.17) is 4.74 Å². The van der Waals surface area contributed by atoms with Gasteiger partial charge < -0.3 is 14.9 Å². The number of fused-ring (bicyclic) bond motifs is 1. The van der Waals surface area contributed by atoms with Crippen LogP contribution in [0.5, 0.6) is 11.5 Å². The fourth-order valence-electron chi connectivity index (χ4n) is 5.78. The van der Waals surface area contributed by atoms with Gasteiger partial charge in [0.25, 0.3) is 0 Å². The van der Waals surface area contributed by atoms with Crippen LogP contribution in [0.3, 0.4) is 0 Å². The summed E-state index contributed by atoms with van der Waals surface area (Å²) < 4.78 is 6.52. The van der Waals surface area contributed by atoms with Crippen molar-refractivity contribution < 1.29 is 14.9 Å². The molecule has 0 amide bonds. The zero-order chi connectivity index (χ0) is 25.2. The van der Waals surface area contributed by atoms with Crippen molar-refractivity contribution >= 4 is 0 Å². The van der Waals surface area contributed by atoms with Crippen LogP contribution in [0, 0.1) is 0 Å². The summed E-state index contributed by atoms with van der Waals surface area (Å²) >= 11 is 0. The van der Waals surface area contributed by atoms with Gasteiger partial charge in [-0.25, -0.2) is 0 Å². The number of phenols is 1. The molecule has 0 bridgehead atoms. The molecular formula is C34H28O3. The first-order chi connectivity index (χ1) is 18.2. The standard InChI is InChI=1S/C34H28O3/c35-27-20-21-32-29(22-27)31(36)23-33(37-32)28-18-10-11-19-30(28)34(24-12-4-1-5-13-24,25-14-6-2-7-15-25)26-16-8-3-9-17-26/h1-22,31,33,35-36H,23H2. The minimum absolute atomic E-state index is 0.122. The Morgan fingerprint density at radius 2 is 1.11 bits per heavy atom. The smallest absolute Gasteiger partial charge is 0.127 e. The molecule has 5 aromatic rings. The molecule has 0 aliphatic carbocycles. The molecule has 0 fully saturated rings. The third-order valence-corrected chi connectivity index (χ3v) is 7.39. The lowest BCUT2D eigenvalue weighted by Gasteiger charge is -2.40. The summed E-state index contributed by atoms with van der Waals surface area (Å²) in [5, 5.41) is 21.0. The van der Waals surface area contributed by atoms with Crippen LogP contribution >= 0.6 is 0 Å². The number of ether oxygens (including phenoxy) is 1. The Balaban J connectivity index is 1.62. The minimum Gasteiger partial charge on any atom is -0.508 e. The molecule has 0 spiro atoms. The van der Waals surface area contributed by atoms with Gasteiger partial charge in [0.15, 0.2) is 0 Å². The summed E-state index contributed by atoms with van der Waals surface area (Å²) in [5.41, 5.74) is 5.61. The van der Waals surface area contributed by atoms with E-state index in [9.17, 15) is 10.2 Å². The first kappa shape index (κ1) is 23.1. The summed E-state index contributed by atoms with van der Waals surface area (Å²) in [5.74, 6) is 0.720. The van der Waals surface area contributed by atoms with Crippen molar-refractivity contribution in [1.29, 1.82) is 0 Å². The van der Waals surface area contributed by atoms with Gasteiger partial charge in [0, 0.05) is 12.0 Å². The van der Waals surface area contributed by atoms with E-state index in [0.29, 0.717) is 17.7 Å². The second kappa shape index (κ2) is 9.61. The monoisotopic (exact) mass is 484 g/mol. The Hall–Kier alpha value is -4.34. The molecule has 182 valence electrons. The molecule has 0 saturated heterocycles. The molecular weight excluding hydrogens is 456 g/mol. The summed E-state index contributed by atoms with van der Waals surface area (Å²) in [6.45, 7) is 0. The lowest BCUT2D eigenvalue weighted by atomic mass is 9.63. The molecule has 1 aliphatic heterocycles. The Labute approximate surface area is 217 Å². The van der Waals surface area contributed by atoms with E-state index in [1.165, 1.54) is 0 Å². The molecule has 6 rings (SSSR count). The van der Waals surface area contributed by atoms with Crippen molar-refractivity contribution in [1.82, 2.24) is 0 Å². The van der Waals surface area contributed by atoms with Gasteiger partial charge in [0.2, 0.25) is 0 Å². The van der Waals surface area contributed by atoms with Gasteiger partial charge in [0.05, 0.1) is 11.5 Å². The molecule has 1 heterocycles. The molecule has 1 aliphatic rings. The van der Waals surface area contributed by atoms with E-state index in [1.807, 2.05) is 24.3 Å². The third-order valence-electron chi connectivity index (χ3n) is 7.39. The van der Waals surface area contributed by atoms with E-state index in [2.05, 4.69) is 91.0 Å². The van der Waals surface area contributed by atoms with Crippen LogP contribution < -0.4 is 4.74 Å². The Morgan fingerprint density at radius 3 is 1.68 bits per heavy atom. The molecule has 3 heteroatoms. The van der Waals surface area contributed by atoms with Gasteiger partial charge >= 0.3 is 0 Å². The lowest BCUT2D eigenvalue weighted by Crippen LogP contribution is -2.33. The van der Waals surface area contributed by atoms with Gasteiger partial charge in [0.1, 0.15) is 17.6 Å². The first-order valence-corrected chi connectivity index (χ1v) is 12.6. The number of benzene rings is 5. The van der Waals surface area contributed by atoms with Crippen molar-refractivity contribution in [2.45, 2.75) is 24.0 Å². The predicted octanol–water partition coefficient (Wildman–Crippen LogP) is 7.33. The highest BCUT2D eigenvalue weighted by molar-refractivity contribution is 5.62. The van der Waals surface area contributed by atoms with Gasteiger partial charge in [-0.1, -0.05) is 115 Å². The molecule has 0 saturated carbocycles. The molecule has 5 aromatic carbocycles. The van der Waals surface area contributed by atoms with Crippen LogP contribution in [0.2, 0.25) is 0 Å². The Morgan fingerprint density at radius 1 is 0.595 bits per heavy atom. The second-order valence-corrected chi connectivity index (χ2v) is 9.52. The average Bonchev–Trinajstić information content (AvgIpc) is 2.96. The van der Waals surface area contributed by atoms with Gasteiger partial charge in [-0.2, -0.15) is 0 Å². The third kappa shape index (κ3) is 3.98. The molecule has 3 nitrogen and oxygen atoms in total. The summed E-state index contributed by atoms with van der Waals surface area (Å²) in [7, 11) is 0. The average molecular weight is 485 g/mol. The van der Waals surface area contributed by atoms with Crippen LogP contribution in [0.25, 0.3) is 0 Å². The minimum atomic E-state index is -0.742. The van der Waals surface area contributed by atoms with E-state index >= 15 is 0 Å². The summed E-state index contributed by atoms with van der Waals surface area (Å²) in [6.07, 6.45) is -0.714. The predicted molar refractivity (Wildman–Crippen MR) is 146 cm³/mol. The van der Waals surface area contributed by atoms with Gasteiger partial charge in [-0.05, 0) is 46.0 Å². The molecule has 0 aromatic heterocycles. The van der Waals surface area contributed by atoms with Crippen LogP contribution in [0.4, 0.5) is 0 Å². The van der Waals surface area contributed by atoms with E-state index in [0.717, 1.165) is 27.8 Å². The molecule has 2 atom stereocenters. The highest BCUT2D eigenvalue weighted by atomic mass is 16.5. The maximum Gasteiger partial charge on any atom is 0.127 e. The molecule has 0 radical (unpaired) electrons. The highest BCUT2D eigenvalue weighted by Gasteiger charge is 2.42. The fraction of sp³-hybridized carbons (Fsp3) is 0.118. The first-order valence-electron chi connectivity index (χ1n) is 12.6. The topological polar surface area (TPSA) is 49.7 Å². The van der Waals surface area contributed by atoms with Crippen molar-refractivity contribution in [2.24, 2.45) is 0 Å². The van der Waals surface area contributed by atoms with Crippen molar-refractivity contribution in [3.8, 4) is 11.5 Å². The largest absolute Gasteiger partial charge is 0.508 e. The molecule has 2 unspecified atom stereocenters. The summed E-state index contributed by atoms with van der Waals surface area (Å²) in [6, 6.07) is 45.1. The van der Waals surface area contributed by atoms with Gasteiger partial charge in [-0.15, -0.1) is 0 Å². The summed E-state index contributed by atoms with van der Waals surface area (Å²) in [4.78, 5) is 0. The normalized spacial score (nSPS) is 17.0. The van der Waals surface area contributed by atoms with Gasteiger partial charge in [-0.3, -0.25) is 0 Å². The van der Waals surface area contributed by atoms with Crippen LogP contribution in [0.15, 0.2) is 133 Å². The number of aromatic hydroxyl groups is 1. The number of hydrogen-bond donors (Lipinski definition) is 2. The highest BCUT2D eigenvalue weighted by Crippen LogP contribution is 2.50. The number of phenolic OH excluding ortho intramolecular Hbond substituents is 1. The SMILES string of the molecule is Oc1ccc2c(c1)C(O)CC(c1ccccc1C(c1ccccc1)(c1ccccc1)c1ccccc1)O2. The van der Waals surface area contributed by atoms with Crippen LogP contribution in [-0.2, 0) is 5.41 Å². The number of hydrogen-bond acceptors (Lipinski definition) is 3. The number of aliphatic hydroxyl groups is 1. The van der Waals surface area contributed by atoms with Crippen molar-refractivity contribution in [3.05, 3.63) is 167 Å².